The minimum Gasteiger partial charge on any atom is -0.316 e. The smallest absolute Gasteiger partial charge is 0.271 e. The van der Waals surface area contributed by atoms with Crippen molar-refractivity contribution in [3.8, 4) is 0 Å². The summed E-state index contributed by atoms with van der Waals surface area (Å²) >= 11 is 0. The molecule has 0 rings (SSSR count). The van der Waals surface area contributed by atoms with Crippen molar-refractivity contribution in [3.05, 3.63) is 12.3 Å². The van der Waals surface area contributed by atoms with E-state index < -0.39 is 17.6 Å². The van der Waals surface area contributed by atoms with Crippen molar-refractivity contribution in [2.24, 2.45) is 17.8 Å². The van der Waals surface area contributed by atoms with Crippen molar-refractivity contribution in [3.63, 3.8) is 0 Å². The van der Waals surface area contributed by atoms with Crippen LogP contribution in [-0.4, -0.2) is 60.0 Å². The molecule has 0 aliphatic carbocycles. The molecule has 0 spiro atoms. The second kappa shape index (κ2) is 11.1. The standard InChI is InChI=1S/C21H37N3O4/c1-14(2)10-19(27)23(8)17(7)20(28)24(9)21(13-26,11-15(3)4)22-18(12-25)16(5)6/h12-16,18,22H,7,10-11H2,1-6,8-9H3. The lowest BCUT2D eigenvalue weighted by atomic mass is 9.93. The third kappa shape index (κ3) is 6.86. The van der Waals surface area contributed by atoms with Crippen LogP contribution in [0, 0.1) is 17.8 Å². The van der Waals surface area contributed by atoms with Gasteiger partial charge in [0.15, 0.2) is 11.9 Å². The summed E-state index contributed by atoms with van der Waals surface area (Å²) in [7, 11) is 2.99. The molecule has 0 radical (unpaired) electrons. The number of hydrogen-bond donors (Lipinski definition) is 1. The van der Waals surface area contributed by atoms with Gasteiger partial charge in [-0.15, -0.1) is 0 Å². The predicted molar refractivity (Wildman–Crippen MR) is 110 cm³/mol. The lowest BCUT2D eigenvalue weighted by Crippen LogP contribution is -2.65. The maximum absolute atomic E-state index is 13.0. The number of carbonyl (C=O) groups excluding carboxylic acids is 4. The maximum atomic E-state index is 13.0. The van der Waals surface area contributed by atoms with E-state index in [1.165, 1.54) is 23.9 Å². The zero-order chi connectivity index (χ0) is 22.2. The van der Waals surface area contributed by atoms with Gasteiger partial charge < -0.3 is 14.6 Å². The molecule has 2 atom stereocenters. The lowest BCUT2D eigenvalue weighted by Gasteiger charge is -2.42. The fourth-order valence-corrected chi connectivity index (χ4v) is 2.88. The number of rotatable bonds is 12. The van der Waals surface area contributed by atoms with Gasteiger partial charge in [0, 0.05) is 20.5 Å². The average Bonchev–Trinajstić information content (AvgIpc) is 2.61. The highest BCUT2D eigenvalue weighted by Gasteiger charge is 2.41. The molecule has 0 saturated carbocycles. The van der Waals surface area contributed by atoms with Gasteiger partial charge in [0.05, 0.1) is 6.04 Å². The van der Waals surface area contributed by atoms with Crippen LogP contribution in [0.4, 0.5) is 0 Å². The van der Waals surface area contributed by atoms with E-state index in [4.69, 9.17) is 0 Å². The molecule has 2 amide bonds. The van der Waals surface area contributed by atoms with Gasteiger partial charge in [-0.25, -0.2) is 0 Å². The summed E-state index contributed by atoms with van der Waals surface area (Å²) in [6.45, 7) is 15.2. The monoisotopic (exact) mass is 395 g/mol. The normalized spacial score (nSPS) is 14.5. The second-order valence-electron chi connectivity index (χ2n) is 8.55. The molecular formula is C21H37N3O4. The van der Waals surface area contributed by atoms with E-state index in [9.17, 15) is 19.2 Å². The molecule has 160 valence electrons. The van der Waals surface area contributed by atoms with Gasteiger partial charge in [-0.1, -0.05) is 48.1 Å². The summed E-state index contributed by atoms with van der Waals surface area (Å²) in [5.41, 5.74) is -1.40. The van der Waals surface area contributed by atoms with E-state index >= 15 is 0 Å². The Morgan fingerprint density at radius 1 is 1.04 bits per heavy atom. The summed E-state index contributed by atoms with van der Waals surface area (Å²) in [5, 5.41) is 3.06. The number of nitrogens with one attached hydrogen (secondary N) is 1. The number of amides is 2. The summed E-state index contributed by atoms with van der Waals surface area (Å²) in [4.78, 5) is 51.5. The number of carbonyl (C=O) groups is 4. The third-order valence-electron chi connectivity index (χ3n) is 4.71. The Morgan fingerprint density at radius 3 is 1.93 bits per heavy atom. The molecule has 0 saturated heterocycles. The Kier molecular flexibility index (Phi) is 10.3. The highest BCUT2D eigenvalue weighted by molar-refractivity contribution is 5.98. The van der Waals surface area contributed by atoms with Gasteiger partial charge >= 0.3 is 0 Å². The molecule has 28 heavy (non-hydrogen) atoms. The third-order valence-corrected chi connectivity index (χ3v) is 4.71. The molecule has 2 unspecified atom stereocenters. The Morgan fingerprint density at radius 2 is 1.57 bits per heavy atom. The van der Waals surface area contributed by atoms with Gasteiger partial charge in [0.1, 0.15) is 12.0 Å². The summed E-state index contributed by atoms with van der Waals surface area (Å²) < 4.78 is 0. The predicted octanol–water partition coefficient (Wildman–Crippen LogP) is 2.22. The van der Waals surface area contributed by atoms with Crippen LogP contribution in [0.3, 0.4) is 0 Å². The highest BCUT2D eigenvalue weighted by atomic mass is 16.2. The first-order valence-corrected chi connectivity index (χ1v) is 9.75. The zero-order valence-corrected chi connectivity index (χ0v) is 18.6. The van der Waals surface area contributed by atoms with Crippen molar-refractivity contribution < 1.29 is 19.2 Å². The number of aldehydes is 2. The molecule has 1 N–H and O–H groups in total. The number of nitrogens with zero attached hydrogens (tertiary/aromatic N) is 2. The Balaban J connectivity index is 5.79. The first-order chi connectivity index (χ1) is 12.8. The SMILES string of the molecule is C=C(C(=O)N(C)C(C=O)(CC(C)C)NC(C=O)C(C)C)N(C)C(=O)CC(C)C. The molecule has 0 aromatic heterocycles. The minimum absolute atomic E-state index is 0.0165. The summed E-state index contributed by atoms with van der Waals surface area (Å²) in [6.07, 6.45) is 2.00. The Labute approximate surface area is 169 Å². The molecule has 0 aromatic carbocycles. The van der Waals surface area contributed by atoms with Gasteiger partial charge in [0.2, 0.25) is 5.91 Å². The van der Waals surface area contributed by atoms with Gasteiger partial charge in [0.25, 0.3) is 5.91 Å². The van der Waals surface area contributed by atoms with E-state index in [-0.39, 0.29) is 35.8 Å². The van der Waals surface area contributed by atoms with E-state index in [1.54, 1.807) is 0 Å². The van der Waals surface area contributed by atoms with Crippen molar-refractivity contribution in [1.82, 2.24) is 15.1 Å². The van der Waals surface area contributed by atoms with Crippen LogP contribution in [0.2, 0.25) is 0 Å². The van der Waals surface area contributed by atoms with Crippen LogP contribution >= 0.6 is 0 Å². The van der Waals surface area contributed by atoms with Crippen LogP contribution in [0.15, 0.2) is 12.3 Å². The molecule has 0 heterocycles. The van der Waals surface area contributed by atoms with Crippen LogP contribution in [0.25, 0.3) is 0 Å². The van der Waals surface area contributed by atoms with Crippen LogP contribution in [0.5, 0.6) is 0 Å². The summed E-state index contributed by atoms with van der Waals surface area (Å²) in [5.74, 6) is -0.616. The quantitative estimate of drug-likeness (QED) is 0.311. The van der Waals surface area contributed by atoms with Crippen LogP contribution < -0.4 is 5.32 Å². The minimum atomic E-state index is -1.38. The average molecular weight is 396 g/mol. The van der Waals surface area contributed by atoms with Gasteiger partial charge in [-0.2, -0.15) is 0 Å². The molecule has 0 aliphatic heterocycles. The molecule has 7 heteroatoms. The van der Waals surface area contributed by atoms with Crippen LogP contribution in [0.1, 0.15) is 54.4 Å². The first-order valence-electron chi connectivity index (χ1n) is 9.75. The maximum Gasteiger partial charge on any atom is 0.271 e. The first kappa shape index (κ1) is 26.0. The topological polar surface area (TPSA) is 86.8 Å². The number of hydrogen-bond acceptors (Lipinski definition) is 5. The fraction of sp³-hybridized carbons (Fsp3) is 0.714. The largest absolute Gasteiger partial charge is 0.316 e. The Bertz CT molecular complexity index is 586. The van der Waals surface area contributed by atoms with E-state index in [0.717, 1.165) is 6.29 Å². The molecule has 7 nitrogen and oxygen atoms in total. The van der Waals surface area contributed by atoms with Crippen molar-refractivity contribution in [2.75, 3.05) is 14.1 Å². The van der Waals surface area contributed by atoms with E-state index in [1.807, 2.05) is 41.5 Å². The van der Waals surface area contributed by atoms with Crippen molar-refractivity contribution >= 4 is 24.4 Å². The molecule has 0 aromatic rings. The fourth-order valence-electron chi connectivity index (χ4n) is 2.88. The number of likely N-dealkylation sites (N-methyl/N-ethyl adjacent to an activating group) is 2. The Hall–Kier alpha value is -2.02. The van der Waals surface area contributed by atoms with Crippen molar-refractivity contribution in [1.29, 1.82) is 0 Å². The van der Waals surface area contributed by atoms with E-state index in [2.05, 4.69) is 11.9 Å². The van der Waals surface area contributed by atoms with Crippen molar-refractivity contribution in [2.45, 2.75) is 66.1 Å². The second-order valence-corrected chi connectivity index (χ2v) is 8.55. The lowest BCUT2D eigenvalue weighted by molar-refractivity contribution is -0.144. The van der Waals surface area contributed by atoms with Crippen LogP contribution in [-0.2, 0) is 19.2 Å². The van der Waals surface area contributed by atoms with E-state index in [0.29, 0.717) is 12.7 Å². The van der Waals surface area contributed by atoms with Gasteiger partial charge in [-0.3, -0.25) is 19.7 Å². The van der Waals surface area contributed by atoms with Gasteiger partial charge in [-0.05, 0) is 24.2 Å². The molecule has 0 aliphatic rings. The summed E-state index contributed by atoms with van der Waals surface area (Å²) in [6, 6.07) is -0.604. The molecular weight excluding hydrogens is 358 g/mol. The zero-order valence-electron chi connectivity index (χ0n) is 18.6. The molecule has 0 bridgehead atoms. The highest BCUT2D eigenvalue weighted by Crippen LogP contribution is 2.23. The molecule has 0 fully saturated rings.